The fourth-order valence-corrected chi connectivity index (χ4v) is 11.1. The summed E-state index contributed by atoms with van der Waals surface area (Å²) in [6, 6.07) is 89.2. The van der Waals surface area contributed by atoms with Crippen LogP contribution < -0.4 is 4.90 Å². The maximum atomic E-state index is 2.40. The number of para-hydroxylation sites is 2. The molecule has 0 amide bonds. The Labute approximate surface area is 379 Å². The summed E-state index contributed by atoms with van der Waals surface area (Å²) in [6.45, 7) is 0. The van der Waals surface area contributed by atoms with Crippen LogP contribution in [0.2, 0.25) is 0 Å². The predicted octanol–water partition coefficient (Wildman–Crippen LogP) is 16.4. The zero-order valence-corrected chi connectivity index (χ0v) is 35.6. The number of nitrogens with zero attached hydrogens (tertiary/aromatic N) is 2. The van der Waals surface area contributed by atoms with Crippen molar-refractivity contribution in [2.45, 2.75) is 5.41 Å². The van der Waals surface area contributed by atoms with Crippen LogP contribution in [-0.4, -0.2) is 4.57 Å². The molecule has 0 N–H and O–H groups in total. The fraction of sp³-hybridized carbons (Fsp3) is 0.0159. The summed E-state index contributed by atoms with van der Waals surface area (Å²) in [5.41, 5.74) is 21.6. The van der Waals surface area contributed by atoms with Crippen LogP contribution >= 0.6 is 0 Å². The topological polar surface area (TPSA) is 8.17 Å². The second-order valence-corrected chi connectivity index (χ2v) is 17.2. The highest BCUT2D eigenvalue weighted by Gasteiger charge is 2.49. The van der Waals surface area contributed by atoms with E-state index in [1.54, 1.807) is 0 Å². The second-order valence-electron chi connectivity index (χ2n) is 17.2. The molecule has 2 aliphatic carbocycles. The molecule has 65 heavy (non-hydrogen) atoms. The Morgan fingerprint density at radius 3 is 1.54 bits per heavy atom. The molecule has 1 spiro atoms. The van der Waals surface area contributed by atoms with Gasteiger partial charge in [-0.25, -0.2) is 0 Å². The van der Waals surface area contributed by atoms with Crippen molar-refractivity contribution in [1.29, 1.82) is 0 Å². The average molecular weight is 827 g/mol. The van der Waals surface area contributed by atoms with Crippen molar-refractivity contribution < 1.29 is 0 Å². The van der Waals surface area contributed by atoms with Crippen LogP contribution in [0.1, 0.15) is 33.4 Å². The van der Waals surface area contributed by atoms with Crippen molar-refractivity contribution in [2.24, 2.45) is 0 Å². The normalized spacial score (nSPS) is 13.0. The molecule has 0 saturated heterocycles. The van der Waals surface area contributed by atoms with E-state index in [9.17, 15) is 0 Å². The van der Waals surface area contributed by atoms with Crippen molar-refractivity contribution >= 4 is 51.0 Å². The lowest BCUT2D eigenvalue weighted by Gasteiger charge is -2.35. The molecule has 2 aliphatic rings. The van der Waals surface area contributed by atoms with Gasteiger partial charge in [-0.1, -0.05) is 194 Å². The maximum Gasteiger partial charge on any atom is 0.0725 e. The zero-order valence-electron chi connectivity index (χ0n) is 35.6. The number of aromatic nitrogens is 1. The number of anilines is 3. The van der Waals surface area contributed by atoms with E-state index in [2.05, 4.69) is 264 Å². The first-order valence-electron chi connectivity index (χ1n) is 22.5. The monoisotopic (exact) mass is 826 g/mol. The third kappa shape index (κ3) is 5.67. The Kier molecular flexibility index (Phi) is 8.47. The number of hydrogen-bond donors (Lipinski definition) is 0. The predicted molar refractivity (Wildman–Crippen MR) is 273 cm³/mol. The molecule has 0 fully saturated rings. The molecule has 0 unspecified atom stereocenters. The third-order valence-corrected chi connectivity index (χ3v) is 13.8. The third-order valence-electron chi connectivity index (χ3n) is 13.8. The van der Waals surface area contributed by atoms with Crippen LogP contribution in [0, 0.1) is 0 Å². The minimum Gasteiger partial charge on any atom is -0.310 e. The van der Waals surface area contributed by atoms with E-state index in [1.165, 1.54) is 88.6 Å². The zero-order chi connectivity index (χ0) is 42.9. The van der Waals surface area contributed by atoms with Gasteiger partial charge in [0.1, 0.15) is 0 Å². The smallest absolute Gasteiger partial charge is 0.0725 e. The van der Waals surface area contributed by atoms with Gasteiger partial charge in [0.2, 0.25) is 0 Å². The van der Waals surface area contributed by atoms with Crippen LogP contribution in [0.4, 0.5) is 17.1 Å². The van der Waals surface area contributed by atoms with Gasteiger partial charge in [-0.2, -0.15) is 0 Å². The van der Waals surface area contributed by atoms with E-state index in [-0.39, 0.29) is 0 Å². The van der Waals surface area contributed by atoms with Crippen LogP contribution in [0.3, 0.4) is 0 Å². The fourth-order valence-electron chi connectivity index (χ4n) is 11.1. The first kappa shape index (κ1) is 37.1. The van der Waals surface area contributed by atoms with Gasteiger partial charge in [0, 0.05) is 33.5 Å². The van der Waals surface area contributed by atoms with Gasteiger partial charge in [0.25, 0.3) is 0 Å². The number of benzene rings is 10. The molecular formula is C63H42N2. The minimum atomic E-state index is -0.469. The molecular weight excluding hydrogens is 785 g/mol. The lowest BCUT2D eigenvalue weighted by Crippen LogP contribution is -2.29. The van der Waals surface area contributed by atoms with Gasteiger partial charge in [-0.05, 0) is 127 Å². The SMILES string of the molecule is C1=Cc2ccccc2C2(c3ccccc31)c1ccccc1-c1c(-c3ccc(N(c4ccc(-c5ccccc5)cc4)c4ccc5c(c4)c4ccccc4n5-c4ccccc4)cc3)cccc12. The van der Waals surface area contributed by atoms with Gasteiger partial charge in [0.05, 0.1) is 16.4 Å². The van der Waals surface area contributed by atoms with Gasteiger partial charge >= 0.3 is 0 Å². The highest BCUT2D eigenvalue weighted by Crippen LogP contribution is 2.60. The van der Waals surface area contributed by atoms with Crippen molar-refractivity contribution in [3.05, 3.63) is 276 Å². The highest BCUT2D eigenvalue weighted by molar-refractivity contribution is 6.11. The summed E-state index contributed by atoms with van der Waals surface area (Å²) >= 11 is 0. The Morgan fingerprint density at radius 2 is 0.831 bits per heavy atom. The molecule has 13 rings (SSSR count). The molecule has 1 heterocycles. The van der Waals surface area contributed by atoms with Crippen LogP contribution in [0.25, 0.3) is 73.0 Å². The first-order chi connectivity index (χ1) is 32.3. The molecule has 0 aliphatic heterocycles. The quantitative estimate of drug-likeness (QED) is 0.162. The lowest BCUT2D eigenvalue weighted by atomic mass is 9.66. The first-order valence-corrected chi connectivity index (χ1v) is 22.5. The van der Waals surface area contributed by atoms with E-state index in [0.29, 0.717) is 0 Å². The molecule has 11 aromatic rings. The van der Waals surface area contributed by atoms with Crippen molar-refractivity contribution in [3.63, 3.8) is 0 Å². The number of hydrogen-bond acceptors (Lipinski definition) is 1. The van der Waals surface area contributed by atoms with Gasteiger partial charge < -0.3 is 9.47 Å². The molecule has 0 saturated carbocycles. The Balaban J connectivity index is 0.978. The molecule has 304 valence electrons. The Bertz CT molecular complexity index is 3580. The molecule has 0 atom stereocenters. The molecule has 0 radical (unpaired) electrons. The van der Waals surface area contributed by atoms with E-state index in [1.807, 2.05) is 0 Å². The summed E-state index contributed by atoms with van der Waals surface area (Å²) in [4.78, 5) is 2.40. The van der Waals surface area contributed by atoms with Crippen LogP contribution in [0.5, 0.6) is 0 Å². The molecule has 10 aromatic carbocycles. The van der Waals surface area contributed by atoms with Crippen molar-refractivity contribution in [1.82, 2.24) is 4.57 Å². The highest BCUT2D eigenvalue weighted by atomic mass is 15.1. The standard InChI is InChI=1S/C63H42N2/c1-3-16-43(17-4-1)44-32-36-49(37-33-44)64(51-40-41-61-55(42-51)53-22-10-14-29-60(53)65(61)48-20-5-2-6-21-48)50-38-34-45(35-39-50)52-24-15-28-59-62(52)54-23-9-13-27-58(54)63(59)56-25-11-7-18-46(56)30-31-47-19-8-12-26-57(47)63/h1-42H. The van der Waals surface area contributed by atoms with Crippen molar-refractivity contribution in [3.8, 4) is 39.1 Å². The summed E-state index contributed by atoms with van der Waals surface area (Å²) in [6.07, 6.45) is 4.60. The Hall–Kier alpha value is -8.46. The molecule has 2 nitrogen and oxygen atoms in total. The summed E-state index contributed by atoms with van der Waals surface area (Å²) < 4.78 is 2.38. The van der Waals surface area contributed by atoms with E-state index < -0.39 is 5.41 Å². The Morgan fingerprint density at radius 1 is 0.323 bits per heavy atom. The summed E-state index contributed by atoms with van der Waals surface area (Å²) in [5, 5.41) is 2.45. The summed E-state index contributed by atoms with van der Waals surface area (Å²) in [7, 11) is 0. The number of fused-ring (bicyclic) bond motifs is 12. The molecule has 2 heteroatoms. The van der Waals surface area contributed by atoms with Gasteiger partial charge in [-0.3, -0.25) is 0 Å². The van der Waals surface area contributed by atoms with E-state index >= 15 is 0 Å². The minimum absolute atomic E-state index is 0.469. The van der Waals surface area contributed by atoms with Crippen LogP contribution in [-0.2, 0) is 5.41 Å². The summed E-state index contributed by atoms with van der Waals surface area (Å²) in [5.74, 6) is 0. The lowest BCUT2D eigenvalue weighted by molar-refractivity contribution is 0.766. The second kappa shape index (κ2) is 14.8. The maximum absolute atomic E-state index is 2.40. The van der Waals surface area contributed by atoms with Gasteiger partial charge in [-0.15, -0.1) is 0 Å². The average Bonchev–Trinajstić information content (AvgIpc) is 3.82. The molecule has 0 bridgehead atoms. The van der Waals surface area contributed by atoms with Gasteiger partial charge in [0.15, 0.2) is 0 Å². The van der Waals surface area contributed by atoms with E-state index in [0.717, 1.165) is 22.7 Å². The largest absolute Gasteiger partial charge is 0.310 e. The number of rotatable bonds is 6. The molecule has 1 aromatic heterocycles. The van der Waals surface area contributed by atoms with Crippen LogP contribution in [0.15, 0.2) is 243 Å². The van der Waals surface area contributed by atoms with E-state index in [4.69, 9.17) is 0 Å². The van der Waals surface area contributed by atoms with Crippen molar-refractivity contribution in [2.75, 3.05) is 4.90 Å².